The summed E-state index contributed by atoms with van der Waals surface area (Å²) in [6.45, 7) is 0. The Morgan fingerprint density at radius 1 is 1.53 bits per heavy atom. The minimum absolute atomic E-state index is 0.121. The van der Waals surface area contributed by atoms with Gasteiger partial charge in [-0.3, -0.25) is 4.79 Å². The summed E-state index contributed by atoms with van der Waals surface area (Å²) < 4.78 is 0. The highest BCUT2D eigenvalue weighted by Crippen LogP contribution is 2.22. The number of amides is 1. The van der Waals surface area contributed by atoms with E-state index in [9.17, 15) is 4.79 Å². The number of hydrogen-bond donors (Lipinski definition) is 1. The van der Waals surface area contributed by atoms with E-state index in [2.05, 4.69) is 0 Å². The van der Waals surface area contributed by atoms with Gasteiger partial charge in [0.25, 0.3) is 0 Å². The predicted octanol–water partition coefficient (Wildman–Crippen LogP) is 1.47. The van der Waals surface area contributed by atoms with Crippen LogP contribution in [0.3, 0.4) is 0 Å². The van der Waals surface area contributed by atoms with Crippen molar-refractivity contribution < 1.29 is 4.79 Å². The summed E-state index contributed by atoms with van der Waals surface area (Å²) in [5.41, 5.74) is 5.87. The Bertz CT molecular complexity index is 205. The normalized spacial score (nSPS) is 19.1. The van der Waals surface area contributed by atoms with Crippen LogP contribution in [0.2, 0.25) is 0 Å². The summed E-state index contributed by atoms with van der Waals surface area (Å²) in [4.78, 5) is 13.8. The number of rotatable bonds is 5. The van der Waals surface area contributed by atoms with Crippen molar-refractivity contribution in [2.75, 3.05) is 19.1 Å². The first-order valence-electron chi connectivity index (χ1n) is 5.68. The molecule has 15 heavy (non-hydrogen) atoms. The fraction of sp³-hybridized carbons (Fsp3) is 0.909. The lowest BCUT2D eigenvalue weighted by Gasteiger charge is -2.27. The van der Waals surface area contributed by atoms with Gasteiger partial charge in [0.1, 0.15) is 0 Å². The third kappa shape index (κ3) is 3.68. The average Bonchev–Trinajstić information content (AvgIpc) is 2.77. The highest BCUT2D eigenvalue weighted by atomic mass is 32.2. The molecule has 1 amide bonds. The van der Waals surface area contributed by atoms with Gasteiger partial charge in [-0.25, -0.2) is 0 Å². The second kappa shape index (κ2) is 6.38. The molecule has 0 radical (unpaired) electrons. The van der Waals surface area contributed by atoms with Gasteiger partial charge >= 0.3 is 0 Å². The predicted molar refractivity (Wildman–Crippen MR) is 66.0 cm³/mol. The molecule has 0 heterocycles. The number of thioether (sulfide) groups is 1. The first kappa shape index (κ1) is 12.8. The Labute approximate surface area is 96.8 Å². The van der Waals surface area contributed by atoms with Crippen LogP contribution in [0.1, 0.15) is 32.1 Å². The molecule has 0 bridgehead atoms. The van der Waals surface area contributed by atoms with E-state index in [4.69, 9.17) is 5.73 Å². The van der Waals surface area contributed by atoms with E-state index in [0.717, 1.165) is 25.0 Å². The third-order valence-electron chi connectivity index (χ3n) is 3.17. The Morgan fingerprint density at radius 3 is 2.67 bits per heavy atom. The van der Waals surface area contributed by atoms with Crippen molar-refractivity contribution in [1.29, 1.82) is 0 Å². The molecule has 1 saturated carbocycles. The summed E-state index contributed by atoms with van der Waals surface area (Å²) in [7, 11) is 1.90. The molecule has 4 heteroatoms. The number of carbonyl (C=O) groups is 1. The largest absolute Gasteiger partial charge is 0.341 e. The van der Waals surface area contributed by atoms with E-state index >= 15 is 0 Å². The first-order chi connectivity index (χ1) is 7.16. The van der Waals surface area contributed by atoms with Crippen LogP contribution in [0.15, 0.2) is 0 Å². The SMILES string of the molecule is CSCC[C@@H](N)C(=O)N(C)C1CCCC1. The van der Waals surface area contributed by atoms with Crippen molar-refractivity contribution >= 4 is 17.7 Å². The van der Waals surface area contributed by atoms with Gasteiger partial charge < -0.3 is 10.6 Å². The first-order valence-corrected chi connectivity index (χ1v) is 7.07. The Morgan fingerprint density at radius 2 is 2.13 bits per heavy atom. The zero-order valence-electron chi connectivity index (χ0n) is 9.74. The molecule has 1 rings (SSSR count). The van der Waals surface area contributed by atoms with E-state index in [-0.39, 0.29) is 11.9 Å². The minimum atomic E-state index is -0.303. The lowest BCUT2D eigenvalue weighted by molar-refractivity contribution is -0.133. The summed E-state index contributed by atoms with van der Waals surface area (Å²) in [5.74, 6) is 1.08. The zero-order valence-corrected chi connectivity index (χ0v) is 10.6. The molecule has 0 aromatic heterocycles. The quantitative estimate of drug-likeness (QED) is 0.778. The molecule has 0 aromatic carbocycles. The maximum absolute atomic E-state index is 11.9. The average molecular weight is 230 g/mol. The van der Waals surface area contributed by atoms with Gasteiger partial charge in [-0.2, -0.15) is 11.8 Å². The van der Waals surface area contributed by atoms with Crippen LogP contribution in [0, 0.1) is 0 Å². The summed E-state index contributed by atoms with van der Waals surface area (Å²) in [6, 6.07) is 0.140. The molecule has 0 unspecified atom stereocenters. The van der Waals surface area contributed by atoms with Crippen molar-refractivity contribution in [2.24, 2.45) is 5.73 Å². The van der Waals surface area contributed by atoms with E-state index in [1.807, 2.05) is 18.2 Å². The van der Waals surface area contributed by atoms with Crippen molar-refractivity contribution in [3.05, 3.63) is 0 Å². The molecule has 1 aliphatic carbocycles. The number of carbonyl (C=O) groups excluding carboxylic acids is 1. The fourth-order valence-electron chi connectivity index (χ4n) is 2.10. The summed E-state index contributed by atoms with van der Waals surface area (Å²) in [5, 5.41) is 0. The van der Waals surface area contributed by atoms with Gasteiger partial charge in [-0.15, -0.1) is 0 Å². The smallest absolute Gasteiger partial charge is 0.239 e. The topological polar surface area (TPSA) is 46.3 Å². The molecule has 0 spiro atoms. The third-order valence-corrected chi connectivity index (χ3v) is 3.81. The molecule has 0 aromatic rings. The van der Waals surface area contributed by atoms with Gasteiger partial charge in [0.2, 0.25) is 5.91 Å². The number of nitrogens with zero attached hydrogens (tertiary/aromatic N) is 1. The molecule has 1 atom stereocenters. The van der Waals surface area contributed by atoms with Crippen molar-refractivity contribution in [3.8, 4) is 0 Å². The van der Waals surface area contributed by atoms with Crippen LogP contribution in [-0.2, 0) is 4.79 Å². The minimum Gasteiger partial charge on any atom is -0.341 e. The van der Waals surface area contributed by atoms with E-state index in [1.54, 1.807) is 11.8 Å². The van der Waals surface area contributed by atoms with Crippen LogP contribution < -0.4 is 5.73 Å². The number of hydrogen-bond acceptors (Lipinski definition) is 3. The molecular weight excluding hydrogens is 208 g/mol. The maximum atomic E-state index is 11.9. The number of likely N-dealkylation sites (N-methyl/N-ethyl adjacent to an activating group) is 1. The molecule has 1 aliphatic rings. The molecule has 0 saturated heterocycles. The van der Waals surface area contributed by atoms with Crippen molar-refractivity contribution in [3.63, 3.8) is 0 Å². The van der Waals surface area contributed by atoms with Crippen LogP contribution in [-0.4, -0.2) is 41.9 Å². The molecular formula is C11H22N2OS. The van der Waals surface area contributed by atoms with Crippen molar-refractivity contribution in [1.82, 2.24) is 4.90 Å². The molecule has 0 aliphatic heterocycles. The van der Waals surface area contributed by atoms with Gasteiger partial charge in [-0.1, -0.05) is 12.8 Å². The Balaban J connectivity index is 2.36. The Hall–Kier alpha value is -0.220. The van der Waals surface area contributed by atoms with Gasteiger partial charge in [0.05, 0.1) is 6.04 Å². The van der Waals surface area contributed by atoms with Crippen molar-refractivity contribution in [2.45, 2.75) is 44.2 Å². The van der Waals surface area contributed by atoms with E-state index < -0.39 is 0 Å². The van der Waals surface area contributed by atoms with Gasteiger partial charge in [0, 0.05) is 13.1 Å². The standard InChI is InChI=1S/C11H22N2OS/c1-13(9-5-3-4-6-9)11(14)10(12)7-8-15-2/h9-10H,3-8,12H2,1-2H3/t10-/m1/s1. The van der Waals surface area contributed by atoms with Gasteiger partial charge in [-0.05, 0) is 31.3 Å². The lowest BCUT2D eigenvalue weighted by Crippen LogP contribution is -2.45. The monoisotopic (exact) mass is 230 g/mol. The van der Waals surface area contributed by atoms with Gasteiger partial charge in [0.15, 0.2) is 0 Å². The second-order valence-electron chi connectivity index (χ2n) is 4.28. The zero-order chi connectivity index (χ0) is 11.3. The van der Waals surface area contributed by atoms with Crippen LogP contribution >= 0.6 is 11.8 Å². The van der Waals surface area contributed by atoms with Crippen LogP contribution in [0.5, 0.6) is 0 Å². The second-order valence-corrected chi connectivity index (χ2v) is 5.26. The Kier molecular flexibility index (Phi) is 5.47. The van der Waals surface area contributed by atoms with E-state index in [1.165, 1.54) is 12.8 Å². The van der Waals surface area contributed by atoms with Crippen LogP contribution in [0.4, 0.5) is 0 Å². The summed E-state index contributed by atoms with van der Waals surface area (Å²) in [6.07, 6.45) is 7.63. The maximum Gasteiger partial charge on any atom is 0.239 e. The molecule has 88 valence electrons. The van der Waals surface area contributed by atoms with E-state index in [0.29, 0.717) is 6.04 Å². The fourth-order valence-corrected chi connectivity index (χ4v) is 2.59. The molecule has 1 fully saturated rings. The molecule has 3 nitrogen and oxygen atoms in total. The highest BCUT2D eigenvalue weighted by molar-refractivity contribution is 7.98. The van der Waals surface area contributed by atoms with Crippen LogP contribution in [0.25, 0.3) is 0 Å². The lowest BCUT2D eigenvalue weighted by atomic mass is 10.1. The summed E-state index contributed by atoms with van der Waals surface area (Å²) >= 11 is 1.74. The highest BCUT2D eigenvalue weighted by Gasteiger charge is 2.26. The molecule has 2 N–H and O–H groups in total. The number of nitrogens with two attached hydrogens (primary N) is 1.